The first-order valence-electron chi connectivity index (χ1n) is 6.52. The van der Waals surface area contributed by atoms with Gasteiger partial charge in [0.05, 0.1) is 19.9 Å². The summed E-state index contributed by atoms with van der Waals surface area (Å²) in [5.74, 6) is 0.198. The molecule has 2 saturated heterocycles. The summed E-state index contributed by atoms with van der Waals surface area (Å²) in [6.07, 6.45) is 3.74. The third-order valence-corrected chi connectivity index (χ3v) is 3.30. The molecule has 2 heterocycles. The summed E-state index contributed by atoms with van der Waals surface area (Å²) in [6.45, 7) is 5.07. The number of morpholine rings is 1. The van der Waals surface area contributed by atoms with E-state index in [1.54, 1.807) is 0 Å². The Balaban J connectivity index is 1.44. The second-order valence-corrected chi connectivity index (χ2v) is 4.71. The number of nitrogens with one attached hydrogen (secondary N) is 1. The summed E-state index contributed by atoms with van der Waals surface area (Å²) >= 11 is 0. The maximum atomic E-state index is 11.0. The van der Waals surface area contributed by atoms with Gasteiger partial charge in [-0.2, -0.15) is 0 Å². The van der Waals surface area contributed by atoms with Crippen LogP contribution in [0.3, 0.4) is 0 Å². The Hall–Kier alpha value is -0.650. The van der Waals surface area contributed by atoms with Crippen LogP contribution in [0.5, 0.6) is 0 Å². The molecule has 0 saturated carbocycles. The zero-order chi connectivity index (χ0) is 11.9. The molecule has 1 atom stereocenters. The van der Waals surface area contributed by atoms with Crippen LogP contribution in [0.1, 0.15) is 25.7 Å². The zero-order valence-corrected chi connectivity index (χ0v) is 10.3. The predicted molar refractivity (Wildman–Crippen MR) is 63.6 cm³/mol. The van der Waals surface area contributed by atoms with E-state index in [1.165, 1.54) is 0 Å². The van der Waals surface area contributed by atoms with Gasteiger partial charge < -0.3 is 14.8 Å². The lowest BCUT2D eigenvalue weighted by Gasteiger charge is -2.26. The fraction of sp³-hybridized carbons (Fsp3) is 0.917. The Morgan fingerprint density at radius 2 is 2.24 bits per heavy atom. The molecule has 98 valence electrons. The van der Waals surface area contributed by atoms with E-state index in [9.17, 15) is 4.79 Å². The molecule has 0 aliphatic carbocycles. The standard InChI is InChI=1S/C12H22N2O3/c15-12-4-3-11(13-12)2-1-7-17-10-14-5-8-16-9-6-14/h11H,1-10H2,(H,13,15). The number of hydrogen-bond acceptors (Lipinski definition) is 4. The average Bonchev–Trinajstić information content (AvgIpc) is 2.76. The van der Waals surface area contributed by atoms with E-state index in [1.807, 2.05) is 0 Å². The predicted octanol–water partition coefficient (Wildman–Crippen LogP) is 0.352. The van der Waals surface area contributed by atoms with Crippen LogP contribution in [0.2, 0.25) is 0 Å². The summed E-state index contributed by atoms with van der Waals surface area (Å²) in [7, 11) is 0. The topological polar surface area (TPSA) is 50.8 Å². The molecule has 2 fully saturated rings. The van der Waals surface area contributed by atoms with Crippen molar-refractivity contribution in [2.24, 2.45) is 0 Å². The minimum atomic E-state index is 0.198. The highest BCUT2D eigenvalue weighted by Crippen LogP contribution is 2.11. The van der Waals surface area contributed by atoms with Crippen molar-refractivity contribution < 1.29 is 14.3 Å². The SMILES string of the molecule is O=C1CCC(CCCOCN2CCOCC2)N1. The van der Waals surface area contributed by atoms with Gasteiger partial charge in [-0.3, -0.25) is 9.69 Å². The van der Waals surface area contributed by atoms with Crippen LogP contribution in [0.25, 0.3) is 0 Å². The van der Waals surface area contributed by atoms with Crippen molar-refractivity contribution in [3.63, 3.8) is 0 Å². The largest absolute Gasteiger partial charge is 0.379 e. The van der Waals surface area contributed by atoms with Crippen molar-refractivity contribution >= 4 is 5.91 Å². The molecule has 0 spiro atoms. The molecular formula is C12H22N2O3. The highest BCUT2D eigenvalue weighted by molar-refractivity contribution is 5.78. The second kappa shape index (κ2) is 6.93. The van der Waals surface area contributed by atoms with Gasteiger partial charge in [0.25, 0.3) is 0 Å². The van der Waals surface area contributed by atoms with Crippen LogP contribution in [0.15, 0.2) is 0 Å². The number of carbonyl (C=O) groups is 1. The number of hydrogen-bond donors (Lipinski definition) is 1. The molecule has 17 heavy (non-hydrogen) atoms. The fourth-order valence-electron chi connectivity index (χ4n) is 2.25. The molecule has 2 aliphatic rings. The third-order valence-electron chi connectivity index (χ3n) is 3.30. The maximum Gasteiger partial charge on any atom is 0.220 e. The molecular weight excluding hydrogens is 220 g/mol. The number of nitrogens with zero attached hydrogens (tertiary/aromatic N) is 1. The van der Waals surface area contributed by atoms with Gasteiger partial charge in [-0.1, -0.05) is 0 Å². The fourth-order valence-corrected chi connectivity index (χ4v) is 2.25. The van der Waals surface area contributed by atoms with E-state index in [0.29, 0.717) is 19.2 Å². The second-order valence-electron chi connectivity index (χ2n) is 4.71. The first kappa shape index (κ1) is 12.8. The van der Waals surface area contributed by atoms with Crippen LogP contribution in [-0.2, 0) is 14.3 Å². The summed E-state index contributed by atoms with van der Waals surface area (Å²) < 4.78 is 10.9. The summed E-state index contributed by atoms with van der Waals surface area (Å²) in [5, 5.41) is 2.97. The molecule has 0 radical (unpaired) electrons. The third kappa shape index (κ3) is 4.61. The van der Waals surface area contributed by atoms with E-state index in [0.717, 1.165) is 52.2 Å². The lowest BCUT2D eigenvalue weighted by Crippen LogP contribution is -2.37. The molecule has 2 rings (SSSR count). The Kier molecular flexibility index (Phi) is 5.22. The molecule has 2 aliphatic heterocycles. The van der Waals surface area contributed by atoms with Crippen LogP contribution in [-0.4, -0.2) is 56.5 Å². The molecule has 0 aromatic heterocycles. The van der Waals surface area contributed by atoms with Gasteiger partial charge in [0, 0.05) is 32.2 Å². The lowest BCUT2D eigenvalue weighted by molar-refractivity contribution is -0.119. The quantitative estimate of drug-likeness (QED) is 0.683. The van der Waals surface area contributed by atoms with Crippen LogP contribution < -0.4 is 5.32 Å². The average molecular weight is 242 g/mol. The molecule has 0 aromatic rings. The van der Waals surface area contributed by atoms with Crippen LogP contribution in [0, 0.1) is 0 Å². The summed E-state index contributed by atoms with van der Waals surface area (Å²) in [5.41, 5.74) is 0. The van der Waals surface area contributed by atoms with Gasteiger partial charge in [-0.05, 0) is 19.3 Å². The lowest BCUT2D eigenvalue weighted by atomic mass is 10.1. The van der Waals surface area contributed by atoms with Crippen LogP contribution in [0.4, 0.5) is 0 Å². The van der Waals surface area contributed by atoms with Gasteiger partial charge in [-0.25, -0.2) is 0 Å². The monoisotopic (exact) mass is 242 g/mol. The number of ether oxygens (including phenoxy) is 2. The van der Waals surface area contributed by atoms with Crippen molar-refractivity contribution in [2.75, 3.05) is 39.6 Å². The minimum Gasteiger partial charge on any atom is -0.379 e. The minimum absolute atomic E-state index is 0.198. The number of carbonyl (C=O) groups excluding carboxylic acids is 1. The molecule has 0 aromatic carbocycles. The van der Waals surface area contributed by atoms with E-state index < -0.39 is 0 Å². The summed E-state index contributed by atoms with van der Waals surface area (Å²) in [6, 6.07) is 0.384. The van der Waals surface area contributed by atoms with Gasteiger partial charge in [0.1, 0.15) is 0 Å². The normalized spacial score (nSPS) is 26.1. The number of rotatable bonds is 6. The Morgan fingerprint density at radius 3 is 2.94 bits per heavy atom. The maximum absolute atomic E-state index is 11.0. The van der Waals surface area contributed by atoms with Crippen molar-refractivity contribution in [3.05, 3.63) is 0 Å². The van der Waals surface area contributed by atoms with E-state index >= 15 is 0 Å². The zero-order valence-electron chi connectivity index (χ0n) is 10.3. The van der Waals surface area contributed by atoms with Crippen molar-refractivity contribution in [3.8, 4) is 0 Å². The number of amides is 1. The van der Waals surface area contributed by atoms with E-state index in [-0.39, 0.29) is 5.91 Å². The van der Waals surface area contributed by atoms with E-state index in [4.69, 9.17) is 9.47 Å². The smallest absolute Gasteiger partial charge is 0.220 e. The summed E-state index contributed by atoms with van der Waals surface area (Å²) in [4.78, 5) is 13.3. The van der Waals surface area contributed by atoms with Gasteiger partial charge in [-0.15, -0.1) is 0 Å². The van der Waals surface area contributed by atoms with Crippen molar-refractivity contribution in [1.82, 2.24) is 10.2 Å². The first-order chi connectivity index (χ1) is 8.34. The highest BCUT2D eigenvalue weighted by atomic mass is 16.5. The molecule has 1 N–H and O–H groups in total. The Labute approximate surface area is 102 Å². The van der Waals surface area contributed by atoms with Gasteiger partial charge in [0.15, 0.2) is 0 Å². The van der Waals surface area contributed by atoms with Gasteiger partial charge in [0.2, 0.25) is 5.91 Å². The first-order valence-corrected chi connectivity index (χ1v) is 6.52. The molecule has 5 heteroatoms. The molecule has 0 bridgehead atoms. The molecule has 1 amide bonds. The van der Waals surface area contributed by atoms with Crippen LogP contribution >= 0.6 is 0 Å². The van der Waals surface area contributed by atoms with Gasteiger partial charge >= 0.3 is 0 Å². The van der Waals surface area contributed by atoms with E-state index in [2.05, 4.69) is 10.2 Å². The Morgan fingerprint density at radius 1 is 1.41 bits per heavy atom. The molecule has 1 unspecified atom stereocenters. The van der Waals surface area contributed by atoms with Crippen molar-refractivity contribution in [1.29, 1.82) is 0 Å². The Bertz CT molecular complexity index is 242. The van der Waals surface area contributed by atoms with Crippen molar-refractivity contribution in [2.45, 2.75) is 31.7 Å². The molecule has 5 nitrogen and oxygen atoms in total. The highest BCUT2D eigenvalue weighted by Gasteiger charge is 2.19.